The molecule has 0 nitrogen and oxygen atoms in total. The van der Waals surface area contributed by atoms with Gasteiger partial charge in [0.05, 0.1) is 0 Å². The topological polar surface area (TPSA) is 0 Å². The average Bonchev–Trinajstić information content (AvgIpc) is 2.47. The molecule has 0 amide bonds. The highest BCUT2D eigenvalue weighted by Gasteiger charge is 2.02. The molecule has 1 aliphatic rings. The van der Waals surface area contributed by atoms with E-state index in [0.29, 0.717) is 0 Å². The van der Waals surface area contributed by atoms with Crippen LogP contribution in [0.25, 0.3) is 0 Å². The summed E-state index contributed by atoms with van der Waals surface area (Å²) >= 11 is 1.98. The van der Waals surface area contributed by atoms with Crippen molar-refractivity contribution in [3.63, 3.8) is 0 Å². The Morgan fingerprint density at radius 2 is 1.90 bits per heavy atom. The van der Waals surface area contributed by atoms with E-state index in [9.17, 15) is 0 Å². The van der Waals surface area contributed by atoms with Crippen molar-refractivity contribution < 1.29 is 0 Å². The van der Waals surface area contributed by atoms with Crippen molar-refractivity contribution in [1.29, 1.82) is 0 Å². The van der Waals surface area contributed by atoms with Crippen LogP contribution >= 0.6 is 11.8 Å². The van der Waals surface area contributed by atoms with Crippen molar-refractivity contribution in [3.05, 3.63) is 70.2 Å². The number of hydrogen-bond donors (Lipinski definition) is 0. The summed E-state index contributed by atoms with van der Waals surface area (Å²) in [5.41, 5.74) is 4.30. The van der Waals surface area contributed by atoms with E-state index >= 15 is 0 Å². The molecule has 1 heteroatoms. The zero-order chi connectivity index (χ0) is 14.2. The molecule has 0 N–H and O–H groups in total. The Morgan fingerprint density at radius 1 is 1.15 bits per heavy atom. The SMILES string of the molecule is CC1=CCCC=C1/C=C(\C)SCCCc1ccccc1. The summed E-state index contributed by atoms with van der Waals surface area (Å²) in [6.45, 7) is 4.45. The van der Waals surface area contributed by atoms with Gasteiger partial charge in [-0.3, -0.25) is 0 Å². The molecule has 0 fully saturated rings. The fraction of sp³-hybridized carbons (Fsp3) is 0.368. The van der Waals surface area contributed by atoms with E-state index in [2.05, 4.69) is 62.4 Å². The second kappa shape index (κ2) is 8.16. The van der Waals surface area contributed by atoms with Gasteiger partial charge in [0, 0.05) is 0 Å². The van der Waals surface area contributed by atoms with Crippen LogP contribution in [0.1, 0.15) is 38.7 Å². The average molecular weight is 284 g/mol. The van der Waals surface area contributed by atoms with Gasteiger partial charge in [0.2, 0.25) is 0 Å². The summed E-state index contributed by atoms with van der Waals surface area (Å²) in [4.78, 5) is 1.43. The lowest BCUT2D eigenvalue weighted by molar-refractivity contribution is 0.934. The normalized spacial score (nSPS) is 15.8. The molecule has 0 unspecified atom stereocenters. The van der Waals surface area contributed by atoms with Crippen LogP contribution in [0.3, 0.4) is 0 Å². The summed E-state index contributed by atoms with van der Waals surface area (Å²) in [6, 6.07) is 10.8. The summed E-state index contributed by atoms with van der Waals surface area (Å²) in [5, 5.41) is 0. The Hall–Kier alpha value is -1.21. The smallest absolute Gasteiger partial charge is 0.00202 e. The Bertz CT molecular complexity index is 506. The van der Waals surface area contributed by atoms with Crippen molar-refractivity contribution >= 4 is 11.8 Å². The Kier molecular flexibility index (Phi) is 6.20. The lowest BCUT2D eigenvalue weighted by Gasteiger charge is -2.10. The fourth-order valence-electron chi connectivity index (χ4n) is 2.41. The molecule has 1 aliphatic carbocycles. The van der Waals surface area contributed by atoms with Crippen molar-refractivity contribution in [2.45, 2.75) is 39.5 Å². The predicted molar refractivity (Wildman–Crippen MR) is 92.1 cm³/mol. The van der Waals surface area contributed by atoms with Crippen LogP contribution in [0, 0.1) is 0 Å². The Labute approximate surface area is 127 Å². The number of hydrogen-bond acceptors (Lipinski definition) is 1. The van der Waals surface area contributed by atoms with Crippen LogP contribution in [0.5, 0.6) is 0 Å². The second-order valence-electron chi connectivity index (χ2n) is 5.32. The third-order valence-electron chi connectivity index (χ3n) is 3.58. The molecule has 0 saturated heterocycles. The van der Waals surface area contributed by atoms with Gasteiger partial charge in [-0.05, 0) is 73.0 Å². The standard InChI is InChI=1S/C19H24S/c1-16-9-6-7-13-19(16)15-17(2)20-14-8-12-18-10-4-3-5-11-18/h3-5,9-11,13,15H,6-8,12,14H2,1-2H3/b17-15+. The zero-order valence-corrected chi connectivity index (χ0v) is 13.4. The van der Waals surface area contributed by atoms with E-state index in [1.807, 2.05) is 11.8 Å². The number of benzene rings is 1. The summed E-state index contributed by atoms with van der Waals surface area (Å²) < 4.78 is 0. The lowest BCUT2D eigenvalue weighted by atomic mass is 9.99. The van der Waals surface area contributed by atoms with Crippen LogP contribution in [-0.4, -0.2) is 5.75 Å². The van der Waals surface area contributed by atoms with Gasteiger partial charge in [-0.25, -0.2) is 0 Å². The first-order valence-corrected chi connectivity index (χ1v) is 8.46. The highest BCUT2D eigenvalue weighted by Crippen LogP contribution is 2.24. The summed E-state index contributed by atoms with van der Waals surface area (Å²) in [6.07, 6.45) is 11.9. The number of aryl methyl sites for hydroxylation is 1. The van der Waals surface area contributed by atoms with E-state index in [0.717, 1.165) is 0 Å². The van der Waals surface area contributed by atoms with Crippen LogP contribution in [0.2, 0.25) is 0 Å². The van der Waals surface area contributed by atoms with Crippen LogP contribution < -0.4 is 0 Å². The maximum atomic E-state index is 2.36. The minimum atomic E-state index is 1.18. The first kappa shape index (κ1) is 15.2. The molecule has 0 saturated carbocycles. The molecule has 0 aliphatic heterocycles. The minimum Gasteiger partial charge on any atom is -0.131 e. The largest absolute Gasteiger partial charge is 0.131 e. The van der Waals surface area contributed by atoms with Gasteiger partial charge in [-0.1, -0.05) is 42.5 Å². The fourth-order valence-corrected chi connectivity index (χ4v) is 3.23. The van der Waals surface area contributed by atoms with Crippen molar-refractivity contribution in [2.24, 2.45) is 0 Å². The molecule has 0 atom stereocenters. The number of thioether (sulfide) groups is 1. The quantitative estimate of drug-likeness (QED) is 0.584. The monoisotopic (exact) mass is 284 g/mol. The molecule has 0 heterocycles. The summed E-state index contributed by atoms with van der Waals surface area (Å²) in [5.74, 6) is 1.20. The van der Waals surface area contributed by atoms with Crippen LogP contribution in [0.15, 0.2) is 64.6 Å². The molecule has 0 radical (unpaired) electrons. The van der Waals surface area contributed by atoms with E-state index in [4.69, 9.17) is 0 Å². The molecular formula is C19H24S. The van der Waals surface area contributed by atoms with E-state index < -0.39 is 0 Å². The van der Waals surface area contributed by atoms with E-state index in [1.165, 1.54) is 53.1 Å². The van der Waals surface area contributed by atoms with Gasteiger partial charge in [0.25, 0.3) is 0 Å². The van der Waals surface area contributed by atoms with Crippen molar-refractivity contribution in [2.75, 3.05) is 5.75 Å². The molecule has 106 valence electrons. The maximum Gasteiger partial charge on any atom is -0.00202 e. The molecule has 20 heavy (non-hydrogen) atoms. The van der Waals surface area contributed by atoms with Gasteiger partial charge in [-0.15, -0.1) is 11.8 Å². The van der Waals surface area contributed by atoms with Crippen LogP contribution in [0.4, 0.5) is 0 Å². The van der Waals surface area contributed by atoms with Crippen molar-refractivity contribution in [1.82, 2.24) is 0 Å². The van der Waals surface area contributed by atoms with E-state index in [1.54, 1.807) is 0 Å². The highest BCUT2D eigenvalue weighted by molar-refractivity contribution is 8.03. The predicted octanol–water partition coefficient (Wildman–Crippen LogP) is 5.92. The molecule has 0 aromatic heterocycles. The Morgan fingerprint density at radius 3 is 2.65 bits per heavy atom. The van der Waals surface area contributed by atoms with Gasteiger partial charge in [0.15, 0.2) is 0 Å². The van der Waals surface area contributed by atoms with Gasteiger partial charge in [0.1, 0.15) is 0 Å². The minimum absolute atomic E-state index is 1.18. The van der Waals surface area contributed by atoms with Crippen molar-refractivity contribution in [3.8, 4) is 0 Å². The molecular weight excluding hydrogens is 260 g/mol. The van der Waals surface area contributed by atoms with Gasteiger partial charge >= 0.3 is 0 Å². The van der Waals surface area contributed by atoms with Gasteiger partial charge in [-0.2, -0.15) is 0 Å². The maximum absolute atomic E-state index is 2.36. The number of rotatable bonds is 6. The van der Waals surface area contributed by atoms with Crippen LogP contribution in [-0.2, 0) is 6.42 Å². The molecule has 1 aromatic rings. The highest BCUT2D eigenvalue weighted by atomic mass is 32.2. The first-order valence-electron chi connectivity index (χ1n) is 7.48. The van der Waals surface area contributed by atoms with E-state index in [-0.39, 0.29) is 0 Å². The lowest BCUT2D eigenvalue weighted by Crippen LogP contribution is -1.90. The molecule has 0 bridgehead atoms. The summed E-state index contributed by atoms with van der Waals surface area (Å²) in [7, 11) is 0. The first-order chi connectivity index (χ1) is 9.75. The number of allylic oxidation sites excluding steroid dienone is 6. The second-order valence-corrected chi connectivity index (χ2v) is 6.66. The molecule has 0 spiro atoms. The third-order valence-corrected chi connectivity index (χ3v) is 4.64. The molecule has 2 rings (SSSR count). The van der Waals surface area contributed by atoms with Gasteiger partial charge < -0.3 is 0 Å². The zero-order valence-electron chi connectivity index (χ0n) is 12.6. The Balaban J connectivity index is 1.74. The molecule has 1 aromatic carbocycles. The third kappa shape index (κ3) is 5.05.